The predicted molar refractivity (Wildman–Crippen MR) is 165 cm³/mol. The van der Waals surface area contributed by atoms with Gasteiger partial charge < -0.3 is 19.7 Å². The van der Waals surface area contributed by atoms with E-state index in [-0.39, 0.29) is 34.9 Å². The third-order valence-corrected chi connectivity index (χ3v) is 8.85. The summed E-state index contributed by atoms with van der Waals surface area (Å²) in [7, 11) is -0.0859. The van der Waals surface area contributed by atoms with Gasteiger partial charge in [0.2, 0.25) is 11.8 Å². The summed E-state index contributed by atoms with van der Waals surface area (Å²) in [5, 5.41) is 2.60. The Bertz CT molecular complexity index is 1690. The number of carbonyl (C=O) groups excluding carboxylic acids is 2. The van der Waals surface area contributed by atoms with Crippen LogP contribution >= 0.6 is 0 Å². The van der Waals surface area contributed by atoms with Gasteiger partial charge in [-0.1, -0.05) is 66.7 Å². The van der Waals surface area contributed by atoms with Gasteiger partial charge in [0.15, 0.2) is 11.5 Å². The van der Waals surface area contributed by atoms with Crippen molar-refractivity contribution in [2.24, 2.45) is 0 Å². The smallest absolute Gasteiger partial charge is 0.264 e. The summed E-state index contributed by atoms with van der Waals surface area (Å²) in [6, 6.07) is 26.2. The molecule has 4 aromatic carbocycles. The van der Waals surface area contributed by atoms with Crippen LogP contribution in [0.4, 0.5) is 10.1 Å². The first-order chi connectivity index (χ1) is 21.2. The SMILES string of the molecule is CNC(=O)[C@H](Cc1ccccc1)N(Cc1ccccc1F)C(=O)CN(c1ccccc1)S(=O)(=O)c1ccc(OC)c(OC)c1. The highest BCUT2D eigenvalue weighted by Gasteiger charge is 2.35. The Balaban J connectivity index is 1.80. The van der Waals surface area contributed by atoms with Crippen LogP contribution in [0, 0.1) is 5.82 Å². The molecule has 0 bridgehead atoms. The zero-order valence-electron chi connectivity index (χ0n) is 24.6. The van der Waals surface area contributed by atoms with Crippen LogP contribution in [0.15, 0.2) is 108 Å². The number of hydrogen-bond acceptors (Lipinski definition) is 6. The van der Waals surface area contributed by atoms with Gasteiger partial charge in [0.1, 0.15) is 18.4 Å². The van der Waals surface area contributed by atoms with Crippen molar-refractivity contribution in [3.63, 3.8) is 0 Å². The van der Waals surface area contributed by atoms with E-state index in [2.05, 4.69) is 5.32 Å². The van der Waals surface area contributed by atoms with Crippen molar-refractivity contribution < 1.29 is 31.9 Å². The Labute approximate surface area is 256 Å². The molecular weight excluding hydrogens is 585 g/mol. The minimum Gasteiger partial charge on any atom is -0.493 e. The van der Waals surface area contributed by atoms with Crippen LogP contribution in [-0.4, -0.2) is 59.0 Å². The van der Waals surface area contributed by atoms with Gasteiger partial charge in [-0.3, -0.25) is 13.9 Å². The van der Waals surface area contributed by atoms with Gasteiger partial charge in [-0.05, 0) is 35.9 Å². The summed E-state index contributed by atoms with van der Waals surface area (Å²) in [6.07, 6.45) is 0.120. The van der Waals surface area contributed by atoms with Crippen LogP contribution in [0.25, 0.3) is 0 Å². The molecule has 0 radical (unpaired) electrons. The molecule has 0 heterocycles. The Morgan fingerprint density at radius 3 is 2.07 bits per heavy atom. The monoisotopic (exact) mass is 619 g/mol. The van der Waals surface area contributed by atoms with E-state index in [1.165, 1.54) is 62.6 Å². The molecule has 0 spiro atoms. The van der Waals surface area contributed by atoms with Crippen molar-refractivity contribution in [2.45, 2.75) is 23.9 Å². The maximum Gasteiger partial charge on any atom is 0.264 e. The summed E-state index contributed by atoms with van der Waals surface area (Å²) in [5.41, 5.74) is 1.17. The first-order valence-electron chi connectivity index (χ1n) is 13.8. The number of para-hydroxylation sites is 1. The first kappa shape index (κ1) is 32.0. The van der Waals surface area contributed by atoms with E-state index in [0.717, 1.165) is 9.87 Å². The molecule has 0 saturated carbocycles. The van der Waals surface area contributed by atoms with Crippen molar-refractivity contribution in [3.05, 3.63) is 120 Å². The topological polar surface area (TPSA) is 105 Å². The quantitative estimate of drug-likeness (QED) is 0.238. The van der Waals surface area contributed by atoms with Gasteiger partial charge in [-0.25, -0.2) is 12.8 Å². The number of carbonyl (C=O) groups is 2. The molecule has 1 N–H and O–H groups in total. The molecule has 4 aromatic rings. The molecule has 0 fully saturated rings. The lowest BCUT2D eigenvalue weighted by molar-refractivity contribution is -0.139. The Hall–Kier alpha value is -4.90. The third-order valence-electron chi connectivity index (χ3n) is 7.08. The molecular formula is C33H34FN3O6S. The van der Waals surface area contributed by atoms with E-state index in [9.17, 15) is 22.4 Å². The number of amides is 2. The Morgan fingerprint density at radius 1 is 0.841 bits per heavy atom. The zero-order chi connectivity index (χ0) is 31.7. The van der Waals surface area contributed by atoms with E-state index in [0.29, 0.717) is 5.75 Å². The van der Waals surface area contributed by atoms with Gasteiger partial charge in [0.25, 0.3) is 10.0 Å². The third kappa shape index (κ3) is 7.35. The van der Waals surface area contributed by atoms with Crippen LogP contribution in [0.1, 0.15) is 11.1 Å². The number of nitrogens with zero attached hydrogens (tertiary/aromatic N) is 2. The maximum atomic E-state index is 14.9. The van der Waals surface area contributed by atoms with Crippen molar-refractivity contribution in [3.8, 4) is 11.5 Å². The number of likely N-dealkylation sites (N-methyl/N-ethyl adjacent to an activating group) is 1. The van der Waals surface area contributed by atoms with Crippen LogP contribution in [0.5, 0.6) is 11.5 Å². The van der Waals surface area contributed by atoms with E-state index < -0.39 is 40.2 Å². The number of methoxy groups -OCH3 is 2. The first-order valence-corrected chi connectivity index (χ1v) is 15.2. The van der Waals surface area contributed by atoms with Crippen LogP contribution < -0.4 is 19.1 Å². The molecule has 2 amide bonds. The summed E-state index contributed by atoms with van der Waals surface area (Å²) >= 11 is 0. The second-order valence-electron chi connectivity index (χ2n) is 9.80. The molecule has 9 nitrogen and oxygen atoms in total. The number of ether oxygens (including phenoxy) is 2. The van der Waals surface area contributed by atoms with E-state index in [1.807, 2.05) is 30.3 Å². The predicted octanol–water partition coefficient (Wildman–Crippen LogP) is 4.42. The van der Waals surface area contributed by atoms with Gasteiger partial charge >= 0.3 is 0 Å². The van der Waals surface area contributed by atoms with Crippen LogP contribution in [0.2, 0.25) is 0 Å². The average Bonchev–Trinajstić information content (AvgIpc) is 3.05. The second kappa shape index (κ2) is 14.5. The normalized spacial score (nSPS) is 11.7. The molecule has 0 aliphatic heterocycles. The summed E-state index contributed by atoms with van der Waals surface area (Å²) in [6.45, 7) is -0.938. The fourth-order valence-electron chi connectivity index (χ4n) is 4.76. The Kier molecular flexibility index (Phi) is 10.6. The molecule has 0 saturated heterocycles. The fraction of sp³-hybridized carbons (Fsp3) is 0.212. The summed E-state index contributed by atoms with van der Waals surface area (Å²) in [5.74, 6) is -1.22. The van der Waals surface area contributed by atoms with Gasteiger partial charge in [0.05, 0.1) is 24.8 Å². The molecule has 0 aliphatic carbocycles. The lowest BCUT2D eigenvalue weighted by Crippen LogP contribution is -2.53. The zero-order valence-corrected chi connectivity index (χ0v) is 25.5. The van der Waals surface area contributed by atoms with Crippen LogP contribution in [0.3, 0.4) is 0 Å². The number of rotatable bonds is 13. The molecule has 0 aliphatic rings. The maximum absolute atomic E-state index is 14.9. The highest BCUT2D eigenvalue weighted by atomic mass is 32.2. The lowest BCUT2D eigenvalue weighted by atomic mass is 10.0. The molecule has 44 heavy (non-hydrogen) atoms. The largest absolute Gasteiger partial charge is 0.493 e. The fourth-order valence-corrected chi connectivity index (χ4v) is 6.19. The number of anilines is 1. The molecule has 11 heteroatoms. The summed E-state index contributed by atoms with van der Waals surface area (Å²) in [4.78, 5) is 28.6. The van der Waals surface area contributed by atoms with Gasteiger partial charge in [-0.15, -0.1) is 0 Å². The lowest BCUT2D eigenvalue weighted by Gasteiger charge is -2.33. The van der Waals surface area contributed by atoms with E-state index >= 15 is 0 Å². The van der Waals surface area contributed by atoms with Crippen LogP contribution in [-0.2, 0) is 32.6 Å². The number of benzene rings is 4. The molecule has 4 rings (SSSR count). The highest BCUT2D eigenvalue weighted by molar-refractivity contribution is 7.92. The van der Waals surface area contributed by atoms with Crippen molar-refractivity contribution >= 4 is 27.5 Å². The van der Waals surface area contributed by atoms with Crippen molar-refractivity contribution in [1.82, 2.24) is 10.2 Å². The minimum atomic E-state index is -4.36. The highest BCUT2D eigenvalue weighted by Crippen LogP contribution is 2.32. The molecule has 230 valence electrons. The average molecular weight is 620 g/mol. The van der Waals surface area contributed by atoms with Crippen molar-refractivity contribution in [1.29, 1.82) is 0 Å². The van der Waals surface area contributed by atoms with E-state index in [4.69, 9.17) is 9.47 Å². The number of halogens is 1. The minimum absolute atomic E-state index is 0.120. The number of nitrogens with one attached hydrogen (secondary N) is 1. The molecule has 1 atom stereocenters. The van der Waals surface area contributed by atoms with Gasteiger partial charge in [-0.2, -0.15) is 0 Å². The molecule has 0 unspecified atom stereocenters. The number of sulfonamides is 1. The molecule has 0 aromatic heterocycles. The second-order valence-corrected chi connectivity index (χ2v) is 11.7. The van der Waals surface area contributed by atoms with Crippen molar-refractivity contribution in [2.75, 3.05) is 32.1 Å². The Morgan fingerprint density at radius 2 is 1.45 bits per heavy atom. The van der Waals surface area contributed by atoms with Gasteiger partial charge in [0, 0.05) is 31.6 Å². The standard InChI is InChI=1S/C33H34FN3O6S/c1-35-33(39)29(20-24-12-6-4-7-13-24)36(22-25-14-10-11-17-28(25)34)32(38)23-37(26-15-8-5-9-16-26)44(40,41)27-18-19-30(42-2)31(21-27)43-3/h4-19,21,29H,20,22-23H2,1-3H3,(H,35,39)/t29-/m0/s1. The van der Waals surface area contributed by atoms with E-state index in [1.54, 1.807) is 36.4 Å². The summed E-state index contributed by atoms with van der Waals surface area (Å²) < 4.78 is 54.7. The number of hydrogen-bond donors (Lipinski definition) is 1.